The molecule has 10 heteroatoms. The molecule has 1 aliphatic heterocycles. The summed E-state index contributed by atoms with van der Waals surface area (Å²) in [6, 6.07) is 6.86. The number of halogens is 1. The third-order valence-electron chi connectivity index (χ3n) is 4.03. The Bertz CT molecular complexity index is 732. The fourth-order valence-corrected chi connectivity index (χ4v) is 1.98. The van der Waals surface area contributed by atoms with Gasteiger partial charge in [-0.1, -0.05) is 12.6 Å². The van der Waals surface area contributed by atoms with Crippen LogP contribution in [0.4, 0.5) is 11.6 Å². The lowest BCUT2D eigenvalue weighted by Gasteiger charge is -2.32. The zero-order chi connectivity index (χ0) is 21.4. The van der Waals surface area contributed by atoms with Gasteiger partial charge in [0.15, 0.2) is 0 Å². The van der Waals surface area contributed by atoms with Gasteiger partial charge >= 0.3 is 7.12 Å². The smallest absolute Gasteiger partial charge is 0.400 e. The summed E-state index contributed by atoms with van der Waals surface area (Å²) < 4.78 is 11.8. The Morgan fingerprint density at radius 3 is 1.68 bits per heavy atom. The molecule has 0 spiro atoms. The fourth-order valence-electron chi connectivity index (χ4n) is 1.77. The molecule has 0 amide bonds. The van der Waals surface area contributed by atoms with Crippen molar-refractivity contribution < 1.29 is 9.31 Å². The first-order valence-corrected chi connectivity index (χ1v) is 9.24. The second-order valence-corrected chi connectivity index (χ2v) is 7.54. The molecule has 2 aromatic rings. The van der Waals surface area contributed by atoms with Gasteiger partial charge in [0.25, 0.3) is 0 Å². The summed E-state index contributed by atoms with van der Waals surface area (Å²) >= 11 is 3.12. The maximum Gasteiger partial charge on any atom is 0.486 e. The zero-order valence-corrected chi connectivity index (χ0v) is 18.2. The predicted octanol–water partition coefficient (Wildman–Crippen LogP) is 3.33. The van der Waals surface area contributed by atoms with E-state index in [1.165, 1.54) is 0 Å². The van der Waals surface area contributed by atoms with Crippen molar-refractivity contribution in [3.05, 3.63) is 53.7 Å². The van der Waals surface area contributed by atoms with Crippen molar-refractivity contribution in [2.75, 3.05) is 11.5 Å². The summed E-state index contributed by atoms with van der Waals surface area (Å²) in [5.41, 5.74) is 10.8. The third-order valence-corrected chi connectivity index (χ3v) is 4.45. The normalized spacial score (nSPS) is 16.1. The number of hydrogen-bond acceptors (Lipinski definition) is 8. The highest BCUT2D eigenvalue weighted by Crippen LogP contribution is 2.36. The van der Waals surface area contributed by atoms with Crippen LogP contribution in [0.15, 0.2) is 48.0 Å². The third kappa shape index (κ3) is 7.38. The minimum atomic E-state index is -0.250. The number of hydrogen-bond donors (Lipinski definition) is 2. The van der Waals surface area contributed by atoms with E-state index in [0.717, 1.165) is 5.69 Å². The first-order chi connectivity index (χ1) is 13.0. The van der Waals surface area contributed by atoms with E-state index in [-0.39, 0.29) is 18.3 Å². The number of rotatable bonds is 2. The second kappa shape index (κ2) is 10.3. The summed E-state index contributed by atoms with van der Waals surface area (Å²) in [6.45, 7) is 15.2. The van der Waals surface area contributed by atoms with E-state index >= 15 is 0 Å². The Balaban J connectivity index is 0.000000213. The first-order valence-electron chi connectivity index (χ1n) is 8.45. The van der Waals surface area contributed by atoms with Gasteiger partial charge < -0.3 is 20.8 Å². The van der Waals surface area contributed by atoms with Crippen LogP contribution in [0.1, 0.15) is 33.4 Å². The quantitative estimate of drug-likeness (QED) is 0.670. The molecule has 3 heterocycles. The van der Waals surface area contributed by atoms with Crippen molar-refractivity contribution in [3.8, 4) is 0 Å². The van der Waals surface area contributed by atoms with Gasteiger partial charge in [-0.25, -0.2) is 0 Å². The molecule has 0 bridgehead atoms. The first kappa shape index (κ1) is 23.7. The molecule has 0 atom stereocenters. The molecule has 3 rings (SSSR count). The van der Waals surface area contributed by atoms with Gasteiger partial charge in [0, 0.05) is 0 Å². The molecule has 1 saturated heterocycles. The average Bonchev–Trinajstić information content (AvgIpc) is 2.86. The van der Waals surface area contributed by atoms with Crippen molar-refractivity contribution >= 4 is 40.8 Å². The van der Waals surface area contributed by atoms with Crippen LogP contribution in [-0.4, -0.2) is 38.7 Å². The molecule has 1 fully saturated rings. The summed E-state index contributed by atoms with van der Waals surface area (Å²) in [5, 5.41) is 14.5. The van der Waals surface area contributed by atoms with Crippen LogP contribution in [0.5, 0.6) is 0 Å². The van der Waals surface area contributed by atoms with Gasteiger partial charge in [-0.05, 0) is 74.0 Å². The van der Waals surface area contributed by atoms with Crippen LogP contribution in [0.25, 0.3) is 6.08 Å². The number of nitrogens with zero attached hydrogens (tertiary/aromatic N) is 4. The zero-order valence-electron chi connectivity index (χ0n) is 16.6. The fraction of sp³-hybridized carbons (Fsp3) is 0.333. The molecule has 0 aromatic carbocycles. The summed E-state index contributed by atoms with van der Waals surface area (Å²) in [7, 11) is -0.250. The maximum absolute atomic E-state index is 5.57. The lowest BCUT2D eigenvalue weighted by molar-refractivity contribution is 0.00578. The molecule has 1 aliphatic rings. The maximum atomic E-state index is 5.57. The summed E-state index contributed by atoms with van der Waals surface area (Å²) in [6.07, 6.45) is 1.62. The second-order valence-electron chi connectivity index (χ2n) is 6.73. The Labute approximate surface area is 174 Å². The van der Waals surface area contributed by atoms with Crippen molar-refractivity contribution in [1.29, 1.82) is 0 Å². The van der Waals surface area contributed by atoms with Crippen LogP contribution >= 0.6 is 15.9 Å². The molecule has 0 radical (unpaired) electrons. The topological polar surface area (TPSA) is 122 Å². The van der Waals surface area contributed by atoms with Gasteiger partial charge in [0.1, 0.15) is 16.2 Å². The predicted molar refractivity (Wildman–Crippen MR) is 117 cm³/mol. The van der Waals surface area contributed by atoms with Crippen molar-refractivity contribution in [3.63, 3.8) is 0 Å². The van der Waals surface area contributed by atoms with Gasteiger partial charge in [0.05, 0.1) is 16.9 Å². The SMILES string of the molecule is C=CB1OC(C)(C)C(C)(C)O1.C=Cc1ccc(N)nn1.Nc1ccc(Br)nn1. The molecule has 8 nitrogen and oxygen atoms in total. The van der Waals surface area contributed by atoms with E-state index in [9.17, 15) is 0 Å². The molecule has 4 N–H and O–H groups in total. The van der Waals surface area contributed by atoms with Gasteiger partial charge in [-0.2, -0.15) is 0 Å². The number of nitrogen functional groups attached to an aromatic ring is 2. The minimum absolute atomic E-state index is 0.230. The Morgan fingerprint density at radius 2 is 1.39 bits per heavy atom. The van der Waals surface area contributed by atoms with Gasteiger partial charge in [0.2, 0.25) is 0 Å². The van der Waals surface area contributed by atoms with Crippen molar-refractivity contribution in [2.24, 2.45) is 0 Å². The molecular weight excluding hydrogens is 423 g/mol. The van der Waals surface area contributed by atoms with Crippen LogP contribution < -0.4 is 11.5 Å². The van der Waals surface area contributed by atoms with Crippen molar-refractivity contribution in [2.45, 2.75) is 38.9 Å². The van der Waals surface area contributed by atoms with E-state index < -0.39 is 0 Å². The van der Waals surface area contributed by atoms with Crippen LogP contribution in [0.3, 0.4) is 0 Å². The Kier molecular flexibility index (Phi) is 8.74. The largest absolute Gasteiger partial charge is 0.486 e. The van der Waals surface area contributed by atoms with Crippen LogP contribution in [0, 0.1) is 0 Å². The molecule has 2 aromatic heterocycles. The van der Waals surface area contributed by atoms with E-state index in [1.807, 2.05) is 27.7 Å². The Hall–Kier alpha value is -2.30. The van der Waals surface area contributed by atoms with E-state index in [2.05, 4.69) is 49.5 Å². The molecule has 28 heavy (non-hydrogen) atoms. The van der Waals surface area contributed by atoms with E-state index in [1.54, 1.807) is 36.3 Å². The monoisotopic (exact) mass is 448 g/mol. The van der Waals surface area contributed by atoms with Gasteiger partial charge in [-0.3, -0.25) is 0 Å². The standard InChI is InChI=1S/C8H15BO2.C6H7N3.C4H4BrN3/c1-6-9-10-7(2,3)8(4,5)11-9;1-2-5-3-4-6(7)9-8-5;5-3-1-2-4(6)8-7-3/h6H,1H2,2-5H3;2-4H,1H2,(H2,7,9);1-2H,(H2,6,8). The van der Waals surface area contributed by atoms with Gasteiger partial charge in [-0.15, -0.1) is 27.0 Å². The summed E-state index contributed by atoms with van der Waals surface area (Å²) in [5.74, 6) is 2.55. The average molecular weight is 449 g/mol. The van der Waals surface area contributed by atoms with Crippen LogP contribution in [0.2, 0.25) is 0 Å². The number of anilines is 2. The lowest BCUT2D eigenvalue weighted by atomic mass is 9.90. The number of aromatic nitrogens is 4. The summed E-state index contributed by atoms with van der Waals surface area (Å²) in [4.78, 5) is 0. The Morgan fingerprint density at radius 1 is 0.893 bits per heavy atom. The minimum Gasteiger partial charge on any atom is -0.400 e. The molecule has 150 valence electrons. The molecular formula is C18H26BBrN6O2. The van der Waals surface area contributed by atoms with E-state index in [0.29, 0.717) is 16.2 Å². The highest BCUT2D eigenvalue weighted by Gasteiger charge is 2.49. The molecule has 0 unspecified atom stereocenters. The highest BCUT2D eigenvalue weighted by atomic mass is 79.9. The highest BCUT2D eigenvalue weighted by molar-refractivity contribution is 9.10. The van der Waals surface area contributed by atoms with Crippen LogP contribution in [-0.2, 0) is 9.31 Å². The lowest BCUT2D eigenvalue weighted by Crippen LogP contribution is -2.41. The van der Waals surface area contributed by atoms with E-state index in [4.69, 9.17) is 20.8 Å². The van der Waals surface area contributed by atoms with Crippen molar-refractivity contribution in [1.82, 2.24) is 20.4 Å². The molecule has 0 aliphatic carbocycles. The molecule has 0 saturated carbocycles. The number of nitrogens with two attached hydrogens (primary N) is 2.